The van der Waals surface area contributed by atoms with Gasteiger partial charge < -0.3 is 9.47 Å². The number of benzene rings is 1. The molecule has 0 spiro atoms. The van der Waals surface area contributed by atoms with Crippen LogP contribution in [-0.4, -0.2) is 19.7 Å². The minimum absolute atomic E-state index is 0.410. The number of ether oxygens (including phenoxy) is 2. The summed E-state index contributed by atoms with van der Waals surface area (Å²) in [6.45, 7) is 4.36. The molecule has 0 saturated heterocycles. The number of hydrogen-bond donors (Lipinski definition) is 0. The molecule has 1 rings (SSSR count). The molecule has 0 unspecified atom stereocenters. The smallest absolute Gasteiger partial charge is 0.334 e. The van der Waals surface area contributed by atoms with E-state index in [0.29, 0.717) is 12.4 Å². The highest BCUT2D eigenvalue weighted by Gasteiger charge is 2.08. The van der Waals surface area contributed by atoms with Crippen molar-refractivity contribution >= 4 is 11.7 Å². The van der Waals surface area contributed by atoms with Gasteiger partial charge in [0.05, 0.1) is 19.8 Å². The van der Waals surface area contributed by atoms with Crippen molar-refractivity contribution < 1.29 is 14.3 Å². The third kappa shape index (κ3) is 3.12. The van der Waals surface area contributed by atoms with Crippen LogP contribution in [0.2, 0.25) is 0 Å². The zero-order valence-electron chi connectivity index (χ0n) is 9.82. The van der Waals surface area contributed by atoms with Gasteiger partial charge in [-0.25, -0.2) is 4.79 Å². The minimum atomic E-state index is -0.410. The van der Waals surface area contributed by atoms with E-state index in [1.807, 2.05) is 38.1 Å². The lowest BCUT2D eigenvalue weighted by Gasteiger charge is -2.10. The third-order valence-electron chi connectivity index (χ3n) is 2.16. The van der Waals surface area contributed by atoms with E-state index in [0.717, 1.165) is 11.1 Å². The van der Waals surface area contributed by atoms with Gasteiger partial charge in [-0.1, -0.05) is 24.3 Å². The number of esters is 1. The Bertz CT molecular complexity index is 394. The van der Waals surface area contributed by atoms with Crippen LogP contribution in [0, 0.1) is 6.92 Å². The quantitative estimate of drug-likeness (QED) is 0.444. The Hall–Kier alpha value is -1.77. The highest BCUT2D eigenvalue weighted by molar-refractivity contribution is 5.90. The van der Waals surface area contributed by atoms with Crippen LogP contribution in [0.5, 0.6) is 0 Å². The second-order valence-electron chi connectivity index (χ2n) is 3.28. The predicted molar refractivity (Wildman–Crippen MR) is 62.8 cm³/mol. The van der Waals surface area contributed by atoms with Crippen LogP contribution in [-0.2, 0) is 14.3 Å². The molecule has 0 atom stereocenters. The van der Waals surface area contributed by atoms with E-state index in [4.69, 9.17) is 4.74 Å². The maximum atomic E-state index is 11.2. The molecule has 3 heteroatoms. The largest absolute Gasteiger partial charge is 0.493 e. The maximum Gasteiger partial charge on any atom is 0.334 e. The average Bonchev–Trinajstić information content (AvgIpc) is 2.29. The van der Waals surface area contributed by atoms with Crippen molar-refractivity contribution in [1.82, 2.24) is 0 Å². The number of carbonyl (C=O) groups is 1. The standard InChI is InChI=1S/C13H16O3/c1-4-16-12(9-13(14)15-3)11-8-6-5-7-10(11)2/h5-9H,4H2,1-3H3/b12-9+. The zero-order valence-corrected chi connectivity index (χ0v) is 9.82. The van der Waals surface area contributed by atoms with Gasteiger partial charge in [0.25, 0.3) is 0 Å². The number of aryl methyl sites for hydroxylation is 1. The van der Waals surface area contributed by atoms with Gasteiger partial charge in [-0.15, -0.1) is 0 Å². The summed E-state index contributed by atoms with van der Waals surface area (Å²) in [5.41, 5.74) is 1.97. The first-order valence-electron chi connectivity index (χ1n) is 5.17. The van der Waals surface area contributed by atoms with Gasteiger partial charge >= 0.3 is 5.97 Å². The summed E-state index contributed by atoms with van der Waals surface area (Å²) >= 11 is 0. The summed E-state index contributed by atoms with van der Waals surface area (Å²) in [6.07, 6.45) is 1.37. The van der Waals surface area contributed by atoms with Gasteiger partial charge in [0.1, 0.15) is 5.76 Å². The monoisotopic (exact) mass is 220 g/mol. The SMILES string of the molecule is CCO/C(=C/C(=O)OC)c1ccccc1C. The van der Waals surface area contributed by atoms with Crippen LogP contribution in [0.25, 0.3) is 5.76 Å². The first kappa shape index (κ1) is 12.3. The van der Waals surface area contributed by atoms with E-state index in [-0.39, 0.29) is 0 Å². The average molecular weight is 220 g/mol. The fourth-order valence-corrected chi connectivity index (χ4v) is 1.37. The molecule has 0 aliphatic heterocycles. The molecule has 0 N–H and O–H groups in total. The van der Waals surface area contributed by atoms with Crippen LogP contribution in [0.1, 0.15) is 18.1 Å². The molecule has 0 radical (unpaired) electrons. The van der Waals surface area contributed by atoms with Crippen LogP contribution in [0.4, 0.5) is 0 Å². The summed E-state index contributed by atoms with van der Waals surface area (Å²) in [6, 6.07) is 7.74. The molecule has 1 aromatic carbocycles. The molecule has 0 saturated carbocycles. The Kier molecular flexibility index (Phi) is 4.58. The van der Waals surface area contributed by atoms with Gasteiger partial charge in [0.15, 0.2) is 0 Å². The molecule has 86 valence electrons. The second kappa shape index (κ2) is 5.95. The van der Waals surface area contributed by atoms with E-state index in [1.54, 1.807) is 0 Å². The number of rotatable bonds is 4. The Balaban J connectivity index is 3.07. The van der Waals surface area contributed by atoms with E-state index >= 15 is 0 Å². The van der Waals surface area contributed by atoms with Gasteiger partial charge in [0.2, 0.25) is 0 Å². The number of hydrogen-bond acceptors (Lipinski definition) is 3. The second-order valence-corrected chi connectivity index (χ2v) is 3.28. The molecular formula is C13H16O3. The Morgan fingerprint density at radius 2 is 2.06 bits per heavy atom. The van der Waals surface area contributed by atoms with E-state index in [2.05, 4.69) is 4.74 Å². The molecule has 16 heavy (non-hydrogen) atoms. The molecule has 0 aliphatic rings. The van der Waals surface area contributed by atoms with E-state index in [9.17, 15) is 4.79 Å². The fourth-order valence-electron chi connectivity index (χ4n) is 1.37. The Labute approximate surface area is 95.7 Å². The first-order chi connectivity index (χ1) is 7.69. The van der Waals surface area contributed by atoms with Crippen molar-refractivity contribution in [3.63, 3.8) is 0 Å². The first-order valence-corrected chi connectivity index (χ1v) is 5.17. The van der Waals surface area contributed by atoms with Crippen LogP contribution in [0.15, 0.2) is 30.3 Å². The molecule has 0 fully saturated rings. The predicted octanol–water partition coefficient (Wildman–Crippen LogP) is 2.55. The van der Waals surface area contributed by atoms with Gasteiger partial charge in [0, 0.05) is 5.56 Å². The van der Waals surface area contributed by atoms with Gasteiger partial charge in [-0.2, -0.15) is 0 Å². The minimum Gasteiger partial charge on any atom is -0.493 e. The summed E-state index contributed by atoms with van der Waals surface area (Å²) < 4.78 is 10.0. The molecule has 1 aromatic rings. The van der Waals surface area contributed by atoms with Crippen LogP contribution < -0.4 is 0 Å². The highest BCUT2D eigenvalue weighted by Crippen LogP contribution is 2.19. The van der Waals surface area contributed by atoms with Crippen molar-refractivity contribution in [2.75, 3.05) is 13.7 Å². The molecule has 0 heterocycles. The molecule has 0 bridgehead atoms. The topological polar surface area (TPSA) is 35.5 Å². The van der Waals surface area contributed by atoms with Gasteiger partial charge in [-0.05, 0) is 19.4 Å². The maximum absolute atomic E-state index is 11.2. The number of carbonyl (C=O) groups excluding carboxylic acids is 1. The van der Waals surface area contributed by atoms with Crippen molar-refractivity contribution in [3.05, 3.63) is 41.5 Å². The van der Waals surface area contributed by atoms with Crippen molar-refractivity contribution in [1.29, 1.82) is 0 Å². The van der Waals surface area contributed by atoms with Crippen molar-refractivity contribution in [2.24, 2.45) is 0 Å². The van der Waals surface area contributed by atoms with E-state index in [1.165, 1.54) is 13.2 Å². The molecule has 0 aromatic heterocycles. The normalized spacial score (nSPS) is 11.1. The number of methoxy groups -OCH3 is 1. The summed E-state index contributed by atoms with van der Waals surface area (Å²) in [5, 5.41) is 0. The Morgan fingerprint density at radius 1 is 1.38 bits per heavy atom. The molecule has 0 aliphatic carbocycles. The zero-order chi connectivity index (χ0) is 12.0. The lowest BCUT2D eigenvalue weighted by molar-refractivity contribution is -0.134. The molecular weight excluding hydrogens is 204 g/mol. The Morgan fingerprint density at radius 3 is 2.62 bits per heavy atom. The lowest BCUT2D eigenvalue weighted by Crippen LogP contribution is -2.01. The summed E-state index contributed by atoms with van der Waals surface area (Å²) in [5.74, 6) is 0.138. The van der Waals surface area contributed by atoms with E-state index < -0.39 is 5.97 Å². The van der Waals surface area contributed by atoms with Crippen LogP contribution in [0.3, 0.4) is 0 Å². The fraction of sp³-hybridized carbons (Fsp3) is 0.308. The van der Waals surface area contributed by atoms with Gasteiger partial charge in [-0.3, -0.25) is 0 Å². The van der Waals surface area contributed by atoms with Crippen molar-refractivity contribution in [2.45, 2.75) is 13.8 Å². The summed E-state index contributed by atoms with van der Waals surface area (Å²) in [4.78, 5) is 11.2. The highest BCUT2D eigenvalue weighted by atomic mass is 16.5. The third-order valence-corrected chi connectivity index (χ3v) is 2.16. The lowest BCUT2D eigenvalue weighted by atomic mass is 10.1. The van der Waals surface area contributed by atoms with Crippen LogP contribution >= 0.6 is 0 Å². The molecule has 3 nitrogen and oxygen atoms in total. The summed E-state index contributed by atoms with van der Waals surface area (Å²) in [7, 11) is 1.35. The molecule has 0 amide bonds. The van der Waals surface area contributed by atoms with Crippen molar-refractivity contribution in [3.8, 4) is 0 Å².